The monoisotopic (exact) mass is 292 g/mol. The topological polar surface area (TPSA) is 65.1 Å². The largest absolute Gasteiger partial charge is 0.372 e. The van der Waals surface area contributed by atoms with Crippen molar-refractivity contribution < 1.29 is 4.74 Å². The van der Waals surface area contributed by atoms with E-state index >= 15 is 0 Å². The van der Waals surface area contributed by atoms with Crippen LogP contribution >= 0.6 is 11.6 Å². The van der Waals surface area contributed by atoms with Crippen molar-refractivity contribution in [3.05, 3.63) is 51.8 Å². The van der Waals surface area contributed by atoms with Gasteiger partial charge >= 0.3 is 0 Å². The first-order valence-electron chi connectivity index (χ1n) is 6.61. The molecule has 2 aromatic rings. The molecule has 0 fully saturated rings. The molecular weight excluding hydrogens is 276 g/mol. The van der Waals surface area contributed by atoms with Gasteiger partial charge < -0.3 is 4.74 Å². The van der Waals surface area contributed by atoms with E-state index < -0.39 is 0 Å². The lowest BCUT2D eigenvalue weighted by molar-refractivity contribution is 0.134. The lowest BCUT2D eigenvalue weighted by atomic mass is 9.99. The summed E-state index contributed by atoms with van der Waals surface area (Å²) in [5.74, 6) is 5.75. The Kier molecular flexibility index (Phi) is 3.76. The maximum absolute atomic E-state index is 6.26. The number of aryl methyl sites for hydroxylation is 1. The number of hydrazine groups is 1. The highest BCUT2D eigenvalue weighted by Gasteiger charge is 2.22. The summed E-state index contributed by atoms with van der Waals surface area (Å²) in [6.45, 7) is 4.11. The van der Waals surface area contributed by atoms with E-state index in [9.17, 15) is 0 Å². The first-order valence-corrected chi connectivity index (χ1v) is 6.99. The highest BCUT2D eigenvalue weighted by Crippen LogP contribution is 2.30. The summed E-state index contributed by atoms with van der Waals surface area (Å²) < 4.78 is 7.31. The molecule has 1 aliphatic heterocycles. The van der Waals surface area contributed by atoms with Gasteiger partial charge in [0.1, 0.15) is 0 Å². The molecule has 1 aliphatic rings. The quantitative estimate of drug-likeness (QED) is 0.669. The van der Waals surface area contributed by atoms with Crippen molar-refractivity contribution in [1.29, 1.82) is 0 Å². The van der Waals surface area contributed by atoms with Gasteiger partial charge in [-0.25, -0.2) is 5.43 Å². The number of aromatic nitrogens is 2. The Labute approximate surface area is 122 Å². The first-order chi connectivity index (χ1) is 9.74. The Morgan fingerprint density at radius 1 is 1.45 bits per heavy atom. The Hall–Kier alpha value is -1.40. The van der Waals surface area contributed by atoms with Crippen molar-refractivity contribution in [2.24, 2.45) is 5.84 Å². The van der Waals surface area contributed by atoms with Crippen molar-refractivity contribution in [2.45, 2.75) is 32.7 Å². The van der Waals surface area contributed by atoms with Crippen LogP contribution in [0.4, 0.5) is 0 Å². The van der Waals surface area contributed by atoms with E-state index in [1.165, 1.54) is 11.1 Å². The fourth-order valence-corrected chi connectivity index (χ4v) is 2.87. The molecule has 1 aromatic carbocycles. The number of halogens is 1. The van der Waals surface area contributed by atoms with Crippen molar-refractivity contribution in [3.8, 4) is 0 Å². The fourth-order valence-electron chi connectivity index (χ4n) is 2.62. The van der Waals surface area contributed by atoms with Gasteiger partial charge in [-0.15, -0.1) is 0 Å². The van der Waals surface area contributed by atoms with E-state index in [1.54, 1.807) is 6.20 Å². The van der Waals surface area contributed by atoms with Crippen molar-refractivity contribution >= 4 is 11.6 Å². The summed E-state index contributed by atoms with van der Waals surface area (Å²) in [5, 5.41) is 4.88. The zero-order valence-electron chi connectivity index (χ0n) is 11.3. The first kappa shape index (κ1) is 13.6. The number of nitrogens with two attached hydrogens (primary N) is 1. The molecule has 1 unspecified atom stereocenters. The van der Waals surface area contributed by atoms with Gasteiger partial charge in [0.25, 0.3) is 0 Å². The highest BCUT2D eigenvalue weighted by atomic mass is 35.5. The van der Waals surface area contributed by atoms with Crippen LogP contribution < -0.4 is 11.3 Å². The van der Waals surface area contributed by atoms with Crippen LogP contribution in [0.15, 0.2) is 24.4 Å². The Balaban J connectivity index is 2.03. The minimum absolute atomic E-state index is 0.184. The number of rotatable bonds is 4. The molecule has 0 amide bonds. The van der Waals surface area contributed by atoms with E-state index in [0.29, 0.717) is 18.2 Å². The van der Waals surface area contributed by atoms with Crippen molar-refractivity contribution in [1.82, 2.24) is 15.2 Å². The second kappa shape index (κ2) is 5.54. The normalized spacial score (nSPS) is 15.3. The fraction of sp³-hybridized carbons (Fsp3) is 0.357. The molecule has 3 N–H and O–H groups in total. The van der Waals surface area contributed by atoms with E-state index in [4.69, 9.17) is 22.2 Å². The van der Waals surface area contributed by atoms with Crippen LogP contribution in [0.25, 0.3) is 0 Å². The lowest BCUT2D eigenvalue weighted by Gasteiger charge is -2.19. The maximum atomic E-state index is 6.26. The molecule has 1 atom stereocenters. The third kappa shape index (κ3) is 2.23. The summed E-state index contributed by atoms with van der Waals surface area (Å²) in [7, 11) is 0. The summed E-state index contributed by atoms with van der Waals surface area (Å²) in [6.07, 6.45) is 1.65. The molecule has 3 rings (SSSR count). The van der Waals surface area contributed by atoms with Crippen LogP contribution in [0.1, 0.15) is 35.3 Å². The zero-order valence-corrected chi connectivity index (χ0v) is 12.0. The van der Waals surface area contributed by atoms with Gasteiger partial charge in [0.05, 0.1) is 36.2 Å². The number of hydrogen-bond acceptors (Lipinski definition) is 4. The second-order valence-corrected chi connectivity index (χ2v) is 5.22. The van der Waals surface area contributed by atoms with Gasteiger partial charge in [0, 0.05) is 6.54 Å². The van der Waals surface area contributed by atoms with Crippen molar-refractivity contribution in [3.63, 3.8) is 0 Å². The van der Waals surface area contributed by atoms with Gasteiger partial charge in [-0.05, 0) is 23.6 Å². The smallest absolute Gasteiger partial charge is 0.0893 e. The number of nitrogens with one attached hydrogen (secondary N) is 1. The third-order valence-corrected chi connectivity index (χ3v) is 3.94. The molecule has 0 aliphatic carbocycles. The molecule has 2 heterocycles. The predicted octanol–water partition coefficient (Wildman–Crippen LogP) is 2.14. The lowest BCUT2D eigenvalue weighted by Crippen LogP contribution is -2.31. The van der Waals surface area contributed by atoms with Crippen LogP contribution in [-0.2, 0) is 24.5 Å². The molecular formula is C14H17ClN4O. The Bertz CT molecular complexity index is 626. The standard InChI is InChI=1S/C14H17ClN4O/c1-2-19-14(12(15)6-17-19)13(18-16)9-3-4-10-7-20-8-11(10)5-9/h3-6,13,18H,2,7-8,16H2,1H3. The SMILES string of the molecule is CCn1ncc(Cl)c1C(NN)c1ccc2c(c1)COC2. The highest BCUT2D eigenvalue weighted by molar-refractivity contribution is 6.31. The summed E-state index contributed by atoms with van der Waals surface area (Å²) in [6, 6.07) is 6.08. The Morgan fingerprint density at radius 3 is 3.00 bits per heavy atom. The van der Waals surface area contributed by atoms with Crippen LogP contribution in [0.2, 0.25) is 5.02 Å². The molecule has 1 aromatic heterocycles. The number of fused-ring (bicyclic) bond motifs is 1. The number of hydrogen-bond donors (Lipinski definition) is 2. The van der Waals surface area contributed by atoms with Crippen LogP contribution in [0.3, 0.4) is 0 Å². The third-order valence-electron chi connectivity index (χ3n) is 3.65. The van der Waals surface area contributed by atoms with E-state index in [-0.39, 0.29) is 6.04 Å². The molecule has 0 radical (unpaired) electrons. The van der Waals surface area contributed by atoms with E-state index in [0.717, 1.165) is 17.8 Å². The molecule has 5 nitrogen and oxygen atoms in total. The number of ether oxygens (including phenoxy) is 1. The van der Waals surface area contributed by atoms with Crippen LogP contribution in [0.5, 0.6) is 0 Å². The minimum atomic E-state index is -0.184. The summed E-state index contributed by atoms with van der Waals surface area (Å²) in [5.41, 5.74) is 7.24. The second-order valence-electron chi connectivity index (χ2n) is 4.81. The van der Waals surface area contributed by atoms with Gasteiger partial charge in [-0.1, -0.05) is 29.8 Å². The predicted molar refractivity (Wildman–Crippen MR) is 77.0 cm³/mol. The molecule has 6 heteroatoms. The van der Waals surface area contributed by atoms with Gasteiger partial charge in [-0.3, -0.25) is 10.5 Å². The summed E-state index contributed by atoms with van der Waals surface area (Å²) in [4.78, 5) is 0. The van der Waals surface area contributed by atoms with Crippen molar-refractivity contribution in [2.75, 3.05) is 0 Å². The molecule has 20 heavy (non-hydrogen) atoms. The average molecular weight is 293 g/mol. The minimum Gasteiger partial charge on any atom is -0.372 e. The van der Waals surface area contributed by atoms with Crippen LogP contribution in [-0.4, -0.2) is 9.78 Å². The van der Waals surface area contributed by atoms with E-state index in [1.807, 2.05) is 11.6 Å². The molecule has 0 spiro atoms. The average Bonchev–Trinajstić information content (AvgIpc) is 3.07. The molecule has 0 saturated heterocycles. The van der Waals surface area contributed by atoms with Gasteiger partial charge in [-0.2, -0.15) is 5.10 Å². The molecule has 106 valence electrons. The molecule has 0 saturated carbocycles. The Morgan fingerprint density at radius 2 is 2.25 bits per heavy atom. The van der Waals surface area contributed by atoms with Gasteiger partial charge in [0.15, 0.2) is 0 Å². The molecule has 0 bridgehead atoms. The maximum Gasteiger partial charge on any atom is 0.0893 e. The van der Waals surface area contributed by atoms with Gasteiger partial charge in [0.2, 0.25) is 0 Å². The van der Waals surface area contributed by atoms with E-state index in [2.05, 4.69) is 28.7 Å². The summed E-state index contributed by atoms with van der Waals surface area (Å²) >= 11 is 6.26. The van der Waals surface area contributed by atoms with Crippen LogP contribution in [0, 0.1) is 0 Å². The number of nitrogens with zero attached hydrogens (tertiary/aromatic N) is 2. The zero-order chi connectivity index (χ0) is 14.1. The number of benzene rings is 1.